The van der Waals surface area contributed by atoms with Crippen molar-refractivity contribution >= 4 is 204 Å². The zero-order valence-electron chi connectivity index (χ0n) is 55.6. The summed E-state index contributed by atoms with van der Waals surface area (Å²) in [4.78, 5) is 5.21. The van der Waals surface area contributed by atoms with Crippen molar-refractivity contribution in [1.82, 2.24) is 0 Å². The molecule has 0 unspecified atom stereocenters. The highest BCUT2D eigenvalue weighted by Crippen LogP contribution is 2.61. The molecule has 0 fully saturated rings. The summed E-state index contributed by atoms with van der Waals surface area (Å²) >= 11 is 13.1. The molecule has 21 rings (SSSR count). The molecule has 0 saturated carbocycles. The molecule has 0 bridgehead atoms. The van der Waals surface area contributed by atoms with Gasteiger partial charge in [0.2, 0.25) is 0 Å². The van der Waals surface area contributed by atoms with Crippen LogP contribution in [0.4, 0.5) is 34.1 Å². The first kappa shape index (κ1) is 60.7. The maximum Gasteiger partial charge on any atom is 0.0620 e. The average molecular weight is 1460 g/mol. The largest absolute Gasteiger partial charge is 0.309 e. The van der Waals surface area contributed by atoms with Crippen LogP contribution in [-0.4, -0.2) is 0 Å². The number of hydrogen-bond donors (Lipinski definition) is 0. The number of anilines is 6. The highest BCUT2D eigenvalue weighted by Gasteiger charge is 2.42. The van der Waals surface area contributed by atoms with E-state index in [1.165, 1.54) is 191 Å². The van der Waals surface area contributed by atoms with Crippen LogP contribution in [0.1, 0.15) is 86.1 Å². The van der Waals surface area contributed by atoms with Crippen molar-refractivity contribution in [2.75, 3.05) is 9.80 Å². The van der Waals surface area contributed by atoms with Gasteiger partial charge in [-0.3, -0.25) is 0 Å². The van der Waals surface area contributed by atoms with E-state index in [9.17, 15) is 0 Å². The Morgan fingerprint density at radius 3 is 0.929 bits per heavy atom. The molecule has 18 aromatic rings. The van der Waals surface area contributed by atoms with Gasteiger partial charge in [-0.15, -0.1) is 34.0 Å². The lowest BCUT2D eigenvalue weighted by Gasteiger charge is -2.44. The van der Waals surface area contributed by atoms with Gasteiger partial charge in [-0.2, -0.15) is 0 Å². The van der Waals surface area contributed by atoms with Gasteiger partial charge in [-0.1, -0.05) is 254 Å². The Balaban J connectivity index is 0.000000141. The van der Waals surface area contributed by atoms with Gasteiger partial charge in [0, 0.05) is 107 Å². The zero-order valence-corrected chi connectivity index (χ0v) is 61.3. The second kappa shape index (κ2) is 22.8. The molecule has 5 heterocycles. The van der Waals surface area contributed by atoms with E-state index in [0.717, 1.165) is 6.42 Å². The standard InChI is InChI=1S/C56H40N2S2.C22H18S.C14H8Br2/c1-55(2)41-23-11-13-25-45(41)57(47-31-51-39(29-43(47)55)33-17-9-15-27-49(33)59-51)53-35-19-5-7-21-37(35)54(38-22-8-6-20-36(38)53)58-46-26-14-12-24-42(46)56(3,4)44-30-40-34-18-10-16-28-50(34)60-52(40)32-48(44)58;1-22(2)18-9-5-3-7-14(18)11-15-12-21-17(13-19(15)22)16-8-4-6-10-20(16)23-21;15-13-9-5-1-2-6-10(9)14(16)12-8-4-3-7-11(12)13/h5-32H,1-4H3;3-10,12-13H,11H2,1-2H3;1-8H. The maximum absolute atomic E-state index is 3.70. The van der Waals surface area contributed by atoms with E-state index in [1.54, 1.807) is 0 Å². The number of benzene rings is 15. The van der Waals surface area contributed by atoms with Gasteiger partial charge < -0.3 is 9.80 Å². The van der Waals surface area contributed by atoms with Gasteiger partial charge in [-0.25, -0.2) is 0 Å². The van der Waals surface area contributed by atoms with Crippen molar-refractivity contribution in [1.29, 1.82) is 0 Å². The van der Waals surface area contributed by atoms with E-state index in [1.807, 2.05) is 34.0 Å². The number of nitrogens with zero attached hydrogens (tertiary/aromatic N) is 2. The molecule has 0 radical (unpaired) electrons. The summed E-state index contributed by atoms with van der Waals surface area (Å²) in [5, 5.41) is 18.0. The number of rotatable bonds is 2. The molecular weight excluding hydrogens is 1390 g/mol. The molecule has 2 nitrogen and oxygen atoms in total. The van der Waals surface area contributed by atoms with Gasteiger partial charge in [-0.05, 0) is 171 Å². The molecule has 0 N–H and O–H groups in total. The third-order valence-corrected chi connectivity index (χ3v) is 27.0. The first-order chi connectivity index (χ1) is 48.2. The van der Waals surface area contributed by atoms with Crippen LogP contribution in [0.5, 0.6) is 0 Å². The van der Waals surface area contributed by atoms with Crippen molar-refractivity contribution in [3.63, 3.8) is 0 Å². The van der Waals surface area contributed by atoms with Gasteiger partial charge in [0.25, 0.3) is 0 Å². The Morgan fingerprint density at radius 1 is 0.242 bits per heavy atom. The van der Waals surface area contributed by atoms with Crippen molar-refractivity contribution < 1.29 is 0 Å². The predicted molar refractivity (Wildman–Crippen MR) is 438 cm³/mol. The average Bonchev–Trinajstić information content (AvgIpc) is 0.902. The SMILES string of the molecule is Brc1c2ccccc2c(Br)c2ccccc12.CC1(C)c2ccccc2Cc2cc3sc4ccccc4c3cc21.CC1(C)c2ccccc2N(c2c3ccccc3c(N3c4ccccc4C(C)(C)c4cc5c(cc43)sc3ccccc35)c3ccccc23)c2cc3sc4ccccc4c3cc21. The molecule has 1 aliphatic carbocycles. The fourth-order valence-corrected chi connectivity index (χ4v) is 21.9. The fraction of sp³-hybridized carbons (Fsp3) is 0.109. The van der Waals surface area contributed by atoms with E-state index in [4.69, 9.17) is 0 Å². The predicted octanol–water partition coefficient (Wildman–Crippen LogP) is 28.7. The summed E-state index contributed by atoms with van der Waals surface area (Å²) in [6.07, 6.45) is 1.05. The van der Waals surface area contributed by atoms with Crippen LogP contribution in [0.3, 0.4) is 0 Å². The molecule has 0 amide bonds. The third kappa shape index (κ3) is 9.20. The lowest BCUT2D eigenvalue weighted by atomic mass is 9.69. The molecule has 99 heavy (non-hydrogen) atoms. The summed E-state index contributed by atoms with van der Waals surface area (Å²) in [5.74, 6) is 0. The molecule has 476 valence electrons. The fourth-order valence-electron chi connectivity index (χ4n) is 17.1. The zero-order chi connectivity index (χ0) is 66.8. The number of hydrogen-bond acceptors (Lipinski definition) is 5. The van der Waals surface area contributed by atoms with E-state index >= 15 is 0 Å². The highest BCUT2D eigenvalue weighted by molar-refractivity contribution is 9.11. The van der Waals surface area contributed by atoms with Crippen LogP contribution in [0.2, 0.25) is 0 Å². The second-order valence-electron chi connectivity index (χ2n) is 28.5. The molecule has 3 aromatic heterocycles. The van der Waals surface area contributed by atoms with E-state index < -0.39 is 0 Å². The number of para-hydroxylation sites is 2. The van der Waals surface area contributed by atoms with Gasteiger partial charge in [0.05, 0.1) is 34.1 Å². The number of halogens is 2. The second-order valence-corrected chi connectivity index (χ2v) is 33.3. The lowest BCUT2D eigenvalue weighted by molar-refractivity contribution is 0.612. The Kier molecular flexibility index (Phi) is 14.0. The minimum Gasteiger partial charge on any atom is -0.309 e. The summed E-state index contributed by atoms with van der Waals surface area (Å²) in [6, 6.07) is 104. The van der Waals surface area contributed by atoms with Gasteiger partial charge in [0.15, 0.2) is 0 Å². The maximum atomic E-state index is 3.70. The smallest absolute Gasteiger partial charge is 0.0620 e. The minimum atomic E-state index is -0.211. The highest BCUT2D eigenvalue weighted by atomic mass is 79.9. The number of thiophene rings is 3. The monoisotopic (exact) mass is 1450 g/mol. The molecule has 2 aliphatic heterocycles. The summed E-state index contributed by atoms with van der Waals surface area (Å²) < 4.78 is 10.4. The van der Waals surface area contributed by atoms with Crippen molar-refractivity contribution in [2.45, 2.75) is 64.2 Å². The van der Waals surface area contributed by atoms with Crippen LogP contribution in [0.15, 0.2) is 288 Å². The Bertz CT molecular complexity index is 6030. The summed E-state index contributed by atoms with van der Waals surface area (Å²) in [7, 11) is 0. The Morgan fingerprint density at radius 2 is 0.535 bits per heavy atom. The Labute approximate surface area is 604 Å². The first-order valence-electron chi connectivity index (χ1n) is 34.1. The summed E-state index contributed by atoms with van der Waals surface area (Å²) in [5.41, 5.74) is 18.4. The van der Waals surface area contributed by atoms with Crippen molar-refractivity contribution in [3.8, 4) is 0 Å². The van der Waals surface area contributed by atoms with E-state index in [2.05, 4.69) is 362 Å². The molecule has 0 atom stereocenters. The van der Waals surface area contributed by atoms with Gasteiger partial charge in [0.1, 0.15) is 0 Å². The van der Waals surface area contributed by atoms with Crippen LogP contribution >= 0.6 is 65.9 Å². The minimum absolute atomic E-state index is 0.0708. The number of fused-ring (bicyclic) bond motifs is 19. The van der Waals surface area contributed by atoms with E-state index in [0.29, 0.717) is 0 Å². The quantitative estimate of drug-likeness (QED) is 0.159. The molecule has 0 saturated heterocycles. The normalized spacial score (nSPS) is 14.6. The van der Waals surface area contributed by atoms with Crippen LogP contribution in [-0.2, 0) is 22.7 Å². The van der Waals surface area contributed by atoms with Crippen molar-refractivity contribution in [2.24, 2.45) is 0 Å². The lowest BCUT2D eigenvalue weighted by Crippen LogP contribution is -2.31. The molecule has 7 heteroatoms. The molecular formula is C92H66Br2N2S3. The van der Waals surface area contributed by atoms with Crippen LogP contribution < -0.4 is 9.80 Å². The summed E-state index contributed by atoms with van der Waals surface area (Å²) in [6.45, 7) is 14.3. The van der Waals surface area contributed by atoms with Crippen LogP contribution in [0.25, 0.3) is 104 Å². The first-order valence-corrected chi connectivity index (χ1v) is 38.2. The Hall–Kier alpha value is -9.44. The molecule has 0 spiro atoms. The topological polar surface area (TPSA) is 6.48 Å². The molecule has 15 aromatic carbocycles. The molecule has 3 aliphatic rings. The third-order valence-electron chi connectivity index (χ3n) is 21.9. The van der Waals surface area contributed by atoms with Gasteiger partial charge >= 0.3 is 0 Å². The van der Waals surface area contributed by atoms with Crippen molar-refractivity contribution in [3.05, 3.63) is 333 Å². The van der Waals surface area contributed by atoms with E-state index in [-0.39, 0.29) is 16.2 Å². The van der Waals surface area contributed by atoms with Crippen LogP contribution in [0, 0.1) is 0 Å².